The summed E-state index contributed by atoms with van der Waals surface area (Å²) in [6.07, 6.45) is 0. The summed E-state index contributed by atoms with van der Waals surface area (Å²) in [5, 5.41) is 10.6. The fourth-order valence-electron chi connectivity index (χ4n) is 5.47. The van der Waals surface area contributed by atoms with Crippen molar-refractivity contribution in [2.24, 2.45) is 0 Å². The van der Waals surface area contributed by atoms with Crippen LogP contribution in [-0.4, -0.2) is 16.8 Å². The Hall–Kier alpha value is -2.99. The molecule has 192 valence electrons. The molecule has 0 saturated heterocycles. The number of rotatable bonds is 6. The molecule has 0 amide bonds. The van der Waals surface area contributed by atoms with Gasteiger partial charge in [0.05, 0.1) is 41.9 Å². The molecule has 1 atom stereocenters. The Morgan fingerprint density at radius 3 is 2.54 bits per heavy atom. The van der Waals surface area contributed by atoms with Crippen molar-refractivity contribution in [3.05, 3.63) is 104 Å². The molecule has 5 rings (SSSR count). The van der Waals surface area contributed by atoms with Gasteiger partial charge in [-0.15, -0.1) is 0 Å². The Balaban J connectivity index is 1.78. The largest absolute Gasteiger partial charge is 0.496 e. The highest BCUT2D eigenvalue weighted by molar-refractivity contribution is 6.31. The molecule has 0 aliphatic carbocycles. The lowest BCUT2D eigenvalue weighted by Crippen LogP contribution is -2.26. The van der Waals surface area contributed by atoms with E-state index in [9.17, 15) is 5.11 Å². The van der Waals surface area contributed by atoms with Crippen LogP contribution in [0.15, 0.2) is 60.7 Å². The molecular weight excluding hydrogens is 510 g/mol. The van der Waals surface area contributed by atoms with Crippen molar-refractivity contribution >= 4 is 28.9 Å². The first kappa shape index (κ1) is 25.7. The Labute approximate surface area is 226 Å². The molecule has 3 aromatic carbocycles. The van der Waals surface area contributed by atoms with E-state index in [1.807, 2.05) is 43.3 Å². The summed E-state index contributed by atoms with van der Waals surface area (Å²) in [5.74, 6) is 0.298. The second kappa shape index (κ2) is 10.1. The number of aliphatic hydroxyl groups is 1. The molecule has 2 heterocycles. The minimum atomic E-state index is -0.431. The van der Waals surface area contributed by atoms with E-state index in [-0.39, 0.29) is 23.7 Å². The van der Waals surface area contributed by atoms with Crippen LogP contribution >= 0.6 is 23.2 Å². The van der Waals surface area contributed by atoms with Crippen LogP contribution in [0.1, 0.15) is 53.9 Å². The van der Waals surface area contributed by atoms with E-state index in [0.29, 0.717) is 17.3 Å². The number of aryl methyl sites for hydroxylation is 1. The van der Waals surface area contributed by atoms with Crippen molar-refractivity contribution in [3.63, 3.8) is 0 Å². The minimum Gasteiger partial charge on any atom is -0.496 e. The van der Waals surface area contributed by atoms with E-state index in [2.05, 4.69) is 29.4 Å². The molecule has 1 aliphatic heterocycles. The highest BCUT2D eigenvalue weighted by Crippen LogP contribution is 2.49. The van der Waals surface area contributed by atoms with Gasteiger partial charge in [0.25, 0.3) is 0 Å². The third-order valence-corrected chi connectivity index (χ3v) is 7.60. The van der Waals surface area contributed by atoms with Gasteiger partial charge in [-0.2, -0.15) is 0 Å². The normalized spacial score (nSPS) is 14.9. The number of aromatic nitrogens is 1. The van der Waals surface area contributed by atoms with E-state index in [1.165, 1.54) is 0 Å². The maximum absolute atomic E-state index is 15.4. The van der Waals surface area contributed by atoms with Gasteiger partial charge < -0.3 is 19.3 Å². The summed E-state index contributed by atoms with van der Waals surface area (Å²) in [5.41, 5.74) is 7.42. The van der Waals surface area contributed by atoms with Gasteiger partial charge >= 0.3 is 0 Å². The van der Waals surface area contributed by atoms with E-state index in [0.717, 1.165) is 45.0 Å². The number of nitrogens with zero attached hydrogens (tertiary/aromatic N) is 2. The second-order valence-corrected chi connectivity index (χ2v) is 10.5. The molecule has 1 unspecified atom stereocenters. The zero-order chi connectivity index (χ0) is 26.4. The number of hydrogen-bond acceptors (Lipinski definition) is 3. The van der Waals surface area contributed by atoms with Crippen molar-refractivity contribution < 1.29 is 14.2 Å². The number of hydrogen-bond donors (Lipinski definition) is 1. The summed E-state index contributed by atoms with van der Waals surface area (Å²) < 4.78 is 23.4. The summed E-state index contributed by atoms with van der Waals surface area (Å²) >= 11 is 12.5. The Morgan fingerprint density at radius 2 is 1.86 bits per heavy atom. The van der Waals surface area contributed by atoms with Gasteiger partial charge in [-0.25, -0.2) is 4.39 Å². The zero-order valence-electron chi connectivity index (χ0n) is 21.2. The molecule has 1 aliphatic rings. The number of halogens is 3. The fourth-order valence-corrected chi connectivity index (χ4v) is 5.86. The van der Waals surface area contributed by atoms with E-state index in [1.54, 1.807) is 25.3 Å². The predicted molar refractivity (Wildman–Crippen MR) is 148 cm³/mol. The van der Waals surface area contributed by atoms with Crippen LogP contribution in [0.2, 0.25) is 10.0 Å². The Bertz CT molecular complexity index is 1480. The minimum absolute atomic E-state index is 0.0620. The van der Waals surface area contributed by atoms with Gasteiger partial charge in [-0.05, 0) is 85.5 Å². The van der Waals surface area contributed by atoms with Gasteiger partial charge in [0, 0.05) is 23.2 Å². The highest BCUT2D eigenvalue weighted by atomic mass is 35.5. The van der Waals surface area contributed by atoms with E-state index < -0.39 is 5.82 Å². The van der Waals surface area contributed by atoms with Crippen LogP contribution in [0, 0.1) is 12.7 Å². The monoisotopic (exact) mass is 538 g/mol. The van der Waals surface area contributed by atoms with Crippen LogP contribution in [0.3, 0.4) is 0 Å². The van der Waals surface area contributed by atoms with Crippen LogP contribution in [-0.2, 0) is 13.2 Å². The Morgan fingerprint density at radius 1 is 1.08 bits per heavy atom. The average Bonchev–Trinajstić information content (AvgIpc) is 3.41. The zero-order valence-corrected chi connectivity index (χ0v) is 22.7. The molecule has 1 aromatic heterocycles. The van der Waals surface area contributed by atoms with Crippen LogP contribution < -0.4 is 9.64 Å². The number of aliphatic hydroxyl groups excluding tert-OH is 1. The van der Waals surface area contributed by atoms with Crippen molar-refractivity contribution in [1.29, 1.82) is 0 Å². The molecule has 0 radical (unpaired) electrons. The quantitative estimate of drug-likeness (QED) is 0.269. The predicted octanol–water partition coefficient (Wildman–Crippen LogP) is 8.10. The number of methoxy groups -OCH3 is 1. The standard InChI is InChI=1S/C30H29Cl2FN2O2/c1-17(2)35-26(23-13-19(16-36)8-11-27(23)37-4)14-20-15-34(25-7-5-6-24(32)28(25)33)30(29(20)35)22-10-9-21(31)12-18(22)3/h5-14,17,30,36H,15-16H2,1-4H3. The number of ether oxygens (including phenoxy) is 1. The molecule has 0 spiro atoms. The second-order valence-electron chi connectivity index (χ2n) is 9.70. The lowest BCUT2D eigenvalue weighted by Gasteiger charge is -2.32. The number of fused-ring (bicyclic) bond motifs is 1. The smallest absolute Gasteiger partial charge is 0.165 e. The maximum atomic E-state index is 15.4. The Kier molecular flexibility index (Phi) is 6.97. The summed E-state index contributed by atoms with van der Waals surface area (Å²) in [6, 6.07) is 18.7. The van der Waals surface area contributed by atoms with Crippen LogP contribution in [0.5, 0.6) is 5.75 Å². The van der Waals surface area contributed by atoms with Gasteiger partial charge in [0.2, 0.25) is 0 Å². The molecule has 0 saturated carbocycles. The van der Waals surface area contributed by atoms with Crippen molar-refractivity contribution in [2.45, 2.75) is 46.0 Å². The first-order valence-electron chi connectivity index (χ1n) is 12.2. The molecular formula is C30H29Cl2FN2O2. The van der Waals surface area contributed by atoms with Crippen molar-refractivity contribution in [1.82, 2.24) is 4.57 Å². The maximum Gasteiger partial charge on any atom is 0.165 e. The topological polar surface area (TPSA) is 37.6 Å². The summed E-state index contributed by atoms with van der Waals surface area (Å²) in [6.45, 7) is 6.76. The third-order valence-electron chi connectivity index (χ3n) is 7.08. The first-order chi connectivity index (χ1) is 17.7. The SMILES string of the molecule is COc1ccc(CO)cc1-c1cc2c(n1C(C)C)C(c1ccc(Cl)cc1C)N(c1cccc(Cl)c1F)C2. The molecule has 0 fully saturated rings. The summed E-state index contributed by atoms with van der Waals surface area (Å²) in [7, 11) is 1.65. The number of benzene rings is 3. The van der Waals surface area contributed by atoms with Gasteiger partial charge in [-0.3, -0.25) is 0 Å². The fraction of sp³-hybridized carbons (Fsp3) is 0.267. The van der Waals surface area contributed by atoms with E-state index in [4.69, 9.17) is 27.9 Å². The van der Waals surface area contributed by atoms with Crippen molar-refractivity contribution in [3.8, 4) is 17.0 Å². The molecule has 37 heavy (non-hydrogen) atoms. The van der Waals surface area contributed by atoms with Crippen LogP contribution in [0.4, 0.5) is 10.1 Å². The molecule has 4 nitrogen and oxygen atoms in total. The summed E-state index contributed by atoms with van der Waals surface area (Å²) in [4.78, 5) is 2.08. The van der Waals surface area contributed by atoms with E-state index >= 15 is 4.39 Å². The molecule has 0 bridgehead atoms. The molecule has 7 heteroatoms. The first-order valence-corrected chi connectivity index (χ1v) is 13.0. The van der Waals surface area contributed by atoms with Gasteiger partial charge in [0.1, 0.15) is 5.75 Å². The van der Waals surface area contributed by atoms with Gasteiger partial charge in [0.15, 0.2) is 5.82 Å². The van der Waals surface area contributed by atoms with Crippen molar-refractivity contribution in [2.75, 3.05) is 12.0 Å². The lowest BCUT2D eigenvalue weighted by atomic mass is 9.98. The molecule has 1 N–H and O–H groups in total. The number of anilines is 1. The highest BCUT2D eigenvalue weighted by Gasteiger charge is 2.39. The lowest BCUT2D eigenvalue weighted by molar-refractivity contribution is 0.281. The van der Waals surface area contributed by atoms with Gasteiger partial charge in [-0.1, -0.05) is 41.4 Å². The molecule has 4 aromatic rings. The van der Waals surface area contributed by atoms with Crippen LogP contribution in [0.25, 0.3) is 11.3 Å². The third kappa shape index (κ3) is 4.39. The average molecular weight is 539 g/mol.